The van der Waals surface area contributed by atoms with Crippen molar-refractivity contribution in [2.45, 2.75) is 35.8 Å². The minimum atomic E-state index is -3.66. The molecule has 10 nitrogen and oxygen atoms in total. The average molecular weight is 569 g/mol. The normalized spacial score (nSPS) is 19.3. The van der Waals surface area contributed by atoms with Crippen LogP contribution in [0.3, 0.4) is 0 Å². The van der Waals surface area contributed by atoms with E-state index in [1.807, 2.05) is 13.8 Å². The highest BCUT2D eigenvalue weighted by atomic mass is 32.2. The lowest BCUT2D eigenvalue weighted by atomic mass is 10.2. The summed E-state index contributed by atoms with van der Waals surface area (Å²) in [5.74, 6) is 0. The first-order chi connectivity index (χ1) is 18.2. The third kappa shape index (κ3) is 8.30. The van der Waals surface area contributed by atoms with E-state index in [1.165, 1.54) is 8.61 Å². The molecule has 2 aromatic carbocycles. The van der Waals surface area contributed by atoms with Gasteiger partial charge < -0.3 is 18.9 Å². The van der Waals surface area contributed by atoms with Gasteiger partial charge in [0.2, 0.25) is 20.0 Å². The molecule has 0 radical (unpaired) electrons. The highest BCUT2D eigenvalue weighted by Crippen LogP contribution is 2.21. The predicted molar refractivity (Wildman–Crippen MR) is 141 cm³/mol. The molecule has 2 unspecified atom stereocenters. The lowest BCUT2D eigenvalue weighted by Gasteiger charge is -2.22. The molecule has 0 N–H and O–H groups in total. The van der Waals surface area contributed by atoms with Crippen molar-refractivity contribution in [3.8, 4) is 0 Å². The molecule has 2 aromatic rings. The van der Waals surface area contributed by atoms with Gasteiger partial charge in [-0.2, -0.15) is 8.61 Å². The van der Waals surface area contributed by atoms with E-state index in [4.69, 9.17) is 18.9 Å². The fourth-order valence-corrected chi connectivity index (χ4v) is 6.70. The quantitative estimate of drug-likeness (QED) is 0.210. The number of nitrogens with zero attached hydrogens (tertiary/aromatic N) is 2. The van der Waals surface area contributed by atoms with Crippen LogP contribution in [0.25, 0.3) is 0 Å². The molecule has 2 heterocycles. The van der Waals surface area contributed by atoms with Gasteiger partial charge in [-0.1, -0.05) is 35.4 Å². The van der Waals surface area contributed by atoms with Gasteiger partial charge in [-0.25, -0.2) is 16.8 Å². The van der Waals surface area contributed by atoms with Gasteiger partial charge in [0.05, 0.1) is 61.6 Å². The molecular formula is C26H36N2O8S2. The van der Waals surface area contributed by atoms with Gasteiger partial charge in [0, 0.05) is 26.2 Å². The molecule has 0 spiro atoms. The summed E-state index contributed by atoms with van der Waals surface area (Å²) in [7, 11) is -7.32. The second-order valence-electron chi connectivity index (χ2n) is 9.49. The van der Waals surface area contributed by atoms with Gasteiger partial charge in [0.1, 0.15) is 0 Å². The summed E-state index contributed by atoms with van der Waals surface area (Å²) in [4.78, 5) is 0.489. The Bertz CT molecular complexity index is 1140. The lowest BCUT2D eigenvalue weighted by molar-refractivity contribution is 0.0410. The summed E-state index contributed by atoms with van der Waals surface area (Å²) in [6.07, 6.45) is -0.169. The Labute approximate surface area is 225 Å². The maximum atomic E-state index is 13.1. The zero-order valence-corrected chi connectivity index (χ0v) is 23.5. The monoisotopic (exact) mass is 568 g/mol. The average Bonchev–Trinajstić information content (AvgIpc) is 3.81. The molecule has 0 aliphatic carbocycles. The predicted octanol–water partition coefficient (Wildman–Crippen LogP) is 1.82. The topological polar surface area (TPSA) is 118 Å². The molecule has 4 rings (SSSR count). The summed E-state index contributed by atoms with van der Waals surface area (Å²) < 4.78 is 76.9. The minimum absolute atomic E-state index is 0.0845. The molecule has 0 bridgehead atoms. The van der Waals surface area contributed by atoms with Crippen molar-refractivity contribution in [1.82, 2.24) is 8.61 Å². The smallest absolute Gasteiger partial charge is 0.243 e. The van der Waals surface area contributed by atoms with Crippen LogP contribution in [-0.2, 0) is 39.0 Å². The highest BCUT2D eigenvalue weighted by molar-refractivity contribution is 7.89. The molecule has 2 aliphatic heterocycles. The Balaban J connectivity index is 1.20. The minimum Gasteiger partial charge on any atom is -0.378 e. The Morgan fingerprint density at radius 2 is 1.00 bits per heavy atom. The molecule has 2 fully saturated rings. The van der Waals surface area contributed by atoms with Crippen molar-refractivity contribution in [3.63, 3.8) is 0 Å². The molecule has 0 saturated carbocycles. The van der Waals surface area contributed by atoms with Crippen LogP contribution < -0.4 is 0 Å². The molecule has 12 heteroatoms. The van der Waals surface area contributed by atoms with Crippen LogP contribution in [0.1, 0.15) is 11.1 Å². The summed E-state index contributed by atoms with van der Waals surface area (Å²) in [5, 5.41) is 0. The van der Waals surface area contributed by atoms with Crippen molar-refractivity contribution in [2.75, 3.05) is 65.8 Å². The van der Waals surface area contributed by atoms with Gasteiger partial charge in [-0.3, -0.25) is 0 Å². The van der Waals surface area contributed by atoms with Crippen LogP contribution >= 0.6 is 0 Å². The van der Waals surface area contributed by atoms with Crippen LogP contribution in [0.4, 0.5) is 0 Å². The zero-order chi connectivity index (χ0) is 27.2. The van der Waals surface area contributed by atoms with E-state index in [0.29, 0.717) is 13.2 Å². The molecule has 38 heavy (non-hydrogen) atoms. The Kier molecular flexibility index (Phi) is 9.93. The van der Waals surface area contributed by atoms with Crippen molar-refractivity contribution < 1.29 is 35.8 Å². The highest BCUT2D eigenvalue weighted by Gasteiger charge is 2.33. The first-order valence-corrected chi connectivity index (χ1v) is 15.6. The van der Waals surface area contributed by atoms with E-state index in [9.17, 15) is 16.8 Å². The van der Waals surface area contributed by atoms with E-state index in [2.05, 4.69) is 0 Å². The molecule has 0 amide bonds. The van der Waals surface area contributed by atoms with Crippen LogP contribution in [0.15, 0.2) is 58.3 Å². The van der Waals surface area contributed by atoms with Crippen LogP contribution in [0.5, 0.6) is 0 Å². The number of hydrogen-bond acceptors (Lipinski definition) is 8. The van der Waals surface area contributed by atoms with Gasteiger partial charge >= 0.3 is 0 Å². The van der Waals surface area contributed by atoms with Gasteiger partial charge in [0.25, 0.3) is 0 Å². The fourth-order valence-electron chi connectivity index (χ4n) is 3.79. The zero-order valence-electron chi connectivity index (χ0n) is 21.8. The van der Waals surface area contributed by atoms with Gasteiger partial charge in [-0.15, -0.1) is 0 Å². The molecule has 2 atom stereocenters. The van der Waals surface area contributed by atoms with E-state index in [1.54, 1.807) is 48.5 Å². The number of rotatable bonds is 17. The maximum Gasteiger partial charge on any atom is 0.243 e. The van der Waals surface area contributed by atoms with E-state index < -0.39 is 20.0 Å². The van der Waals surface area contributed by atoms with E-state index in [-0.39, 0.29) is 74.6 Å². The van der Waals surface area contributed by atoms with Crippen molar-refractivity contribution in [1.29, 1.82) is 0 Å². The molecule has 2 aliphatic rings. The van der Waals surface area contributed by atoms with E-state index >= 15 is 0 Å². The fraction of sp³-hybridized carbons (Fsp3) is 0.538. The molecule has 210 valence electrons. The van der Waals surface area contributed by atoms with Crippen LogP contribution in [0.2, 0.25) is 0 Å². The molecular weight excluding hydrogens is 532 g/mol. The van der Waals surface area contributed by atoms with Crippen molar-refractivity contribution in [3.05, 3.63) is 59.7 Å². The molecule has 0 aromatic heterocycles. The largest absolute Gasteiger partial charge is 0.378 e. The summed E-state index contributed by atoms with van der Waals surface area (Å²) >= 11 is 0. The molecule has 2 saturated heterocycles. The van der Waals surface area contributed by atoms with E-state index in [0.717, 1.165) is 11.1 Å². The third-order valence-electron chi connectivity index (χ3n) is 6.28. The first-order valence-electron chi connectivity index (χ1n) is 12.7. The van der Waals surface area contributed by atoms with Gasteiger partial charge in [0.15, 0.2) is 0 Å². The Morgan fingerprint density at radius 3 is 1.32 bits per heavy atom. The number of epoxide rings is 2. The standard InChI is InChI=1S/C26H36N2O8S2/c1-21-3-7-25(8-4-21)37(29,30)27(17-23-19-35-23)11-13-33-15-16-34-14-12-28(18-24-20-36-24)38(31,32)26-9-5-22(2)6-10-26/h3-10,23-24H,11-20H2,1-2H3. The number of benzene rings is 2. The van der Waals surface area contributed by atoms with Crippen molar-refractivity contribution in [2.24, 2.45) is 0 Å². The Morgan fingerprint density at radius 1 is 0.658 bits per heavy atom. The second kappa shape index (κ2) is 13.0. The lowest BCUT2D eigenvalue weighted by Crippen LogP contribution is -2.37. The SMILES string of the molecule is Cc1ccc(S(=O)(=O)N(CCOCCOCCN(CC2CO2)S(=O)(=O)c2ccc(C)cc2)CC2CO2)cc1. The van der Waals surface area contributed by atoms with Crippen LogP contribution in [0, 0.1) is 13.8 Å². The third-order valence-corrected chi connectivity index (χ3v) is 10.0. The Hall–Kier alpha value is -1.90. The summed E-state index contributed by atoms with van der Waals surface area (Å²) in [5.41, 5.74) is 1.97. The summed E-state index contributed by atoms with van der Waals surface area (Å²) in [6.45, 7) is 6.80. The first kappa shape index (κ1) is 29.1. The summed E-state index contributed by atoms with van der Waals surface area (Å²) in [6, 6.07) is 13.5. The number of hydrogen-bond donors (Lipinski definition) is 0. The van der Waals surface area contributed by atoms with Crippen molar-refractivity contribution >= 4 is 20.0 Å². The second-order valence-corrected chi connectivity index (χ2v) is 13.4. The van der Waals surface area contributed by atoms with Crippen LogP contribution in [-0.4, -0.2) is 103 Å². The van der Waals surface area contributed by atoms with Gasteiger partial charge in [-0.05, 0) is 38.1 Å². The number of ether oxygens (including phenoxy) is 4. The number of sulfonamides is 2. The maximum absolute atomic E-state index is 13.1. The number of aryl methyl sites for hydroxylation is 2.